The third-order valence-electron chi connectivity index (χ3n) is 4.03. The number of piperidine rings is 1. The molecule has 0 saturated carbocycles. The van der Waals surface area contributed by atoms with Gasteiger partial charge in [0.05, 0.1) is 6.04 Å². The molecule has 2 fully saturated rings. The van der Waals surface area contributed by atoms with Crippen LogP contribution in [0.3, 0.4) is 0 Å². The molecule has 2 aliphatic heterocycles. The van der Waals surface area contributed by atoms with Crippen LogP contribution in [-0.4, -0.2) is 41.5 Å². The fourth-order valence-corrected chi connectivity index (χ4v) is 2.89. The standard InChI is InChI=1S/C12H22N2O/c1-4-13-8-11-7-10(9(2)3)5-6-14(11)12(13)15/h9-11H,4-8H2,1-3H3. The van der Waals surface area contributed by atoms with Gasteiger partial charge in [-0.1, -0.05) is 13.8 Å². The Labute approximate surface area is 92.4 Å². The Balaban J connectivity index is 2.02. The van der Waals surface area contributed by atoms with E-state index in [-0.39, 0.29) is 6.03 Å². The maximum Gasteiger partial charge on any atom is 0.320 e. The van der Waals surface area contributed by atoms with Gasteiger partial charge in [-0.2, -0.15) is 0 Å². The van der Waals surface area contributed by atoms with Crippen molar-refractivity contribution in [2.45, 2.75) is 39.7 Å². The molecule has 0 bridgehead atoms. The molecule has 3 nitrogen and oxygen atoms in total. The SMILES string of the molecule is CCN1CC2CC(C(C)C)CCN2C1=O. The Hall–Kier alpha value is -0.730. The summed E-state index contributed by atoms with van der Waals surface area (Å²) in [7, 11) is 0. The van der Waals surface area contributed by atoms with E-state index < -0.39 is 0 Å². The fourth-order valence-electron chi connectivity index (χ4n) is 2.89. The van der Waals surface area contributed by atoms with Crippen molar-refractivity contribution in [3.8, 4) is 0 Å². The van der Waals surface area contributed by atoms with Gasteiger partial charge in [0.25, 0.3) is 0 Å². The summed E-state index contributed by atoms with van der Waals surface area (Å²) >= 11 is 0. The van der Waals surface area contributed by atoms with Crippen molar-refractivity contribution in [1.82, 2.24) is 9.80 Å². The summed E-state index contributed by atoms with van der Waals surface area (Å²) in [6, 6.07) is 0.767. The molecule has 0 aromatic rings. The monoisotopic (exact) mass is 210 g/mol. The van der Waals surface area contributed by atoms with Gasteiger partial charge in [0, 0.05) is 19.6 Å². The molecule has 0 radical (unpaired) electrons. The number of hydrogen-bond acceptors (Lipinski definition) is 1. The number of rotatable bonds is 2. The Bertz CT molecular complexity index is 252. The van der Waals surface area contributed by atoms with E-state index in [1.165, 1.54) is 12.8 Å². The second-order valence-corrected chi connectivity index (χ2v) is 5.20. The second kappa shape index (κ2) is 4.03. The van der Waals surface area contributed by atoms with Crippen molar-refractivity contribution in [2.75, 3.05) is 19.6 Å². The molecule has 2 aliphatic rings. The van der Waals surface area contributed by atoms with Gasteiger partial charge in [0.1, 0.15) is 0 Å². The molecule has 0 spiro atoms. The summed E-state index contributed by atoms with van der Waals surface area (Å²) in [5.74, 6) is 1.58. The van der Waals surface area contributed by atoms with Gasteiger partial charge in [0.2, 0.25) is 0 Å². The number of urea groups is 1. The number of carbonyl (C=O) groups excluding carboxylic acids is 1. The lowest BCUT2D eigenvalue weighted by atomic mass is 9.83. The molecule has 2 atom stereocenters. The fraction of sp³-hybridized carbons (Fsp3) is 0.917. The van der Waals surface area contributed by atoms with Gasteiger partial charge in [-0.05, 0) is 31.6 Å². The van der Waals surface area contributed by atoms with E-state index in [4.69, 9.17) is 0 Å². The normalized spacial score (nSPS) is 31.3. The minimum absolute atomic E-state index is 0.268. The van der Waals surface area contributed by atoms with E-state index in [2.05, 4.69) is 25.7 Å². The largest absolute Gasteiger partial charge is 0.323 e. The molecule has 2 heterocycles. The van der Waals surface area contributed by atoms with E-state index >= 15 is 0 Å². The van der Waals surface area contributed by atoms with Crippen molar-refractivity contribution >= 4 is 6.03 Å². The zero-order chi connectivity index (χ0) is 11.0. The van der Waals surface area contributed by atoms with Gasteiger partial charge in [-0.15, -0.1) is 0 Å². The number of fused-ring (bicyclic) bond motifs is 1. The highest BCUT2D eigenvalue weighted by Gasteiger charge is 2.40. The van der Waals surface area contributed by atoms with Crippen LogP contribution in [0.15, 0.2) is 0 Å². The molecule has 2 rings (SSSR count). The summed E-state index contributed by atoms with van der Waals surface area (Å²) in [5.41, 5.74) is 0. The average Bonchev–Trinajstić information content (AvgIpc) is 2.55. The highest BCUT2D eigenvalue weighted by atomic mass is 16.2. The molecule has 3 heteroatoms. The summed E-state index contributed by atoms with van der Waals surface area (Å²) in [6.07, 6.45) is 2.40. The first kappa shape index (κ1) is 10.8. The lowest BCUT2D eigenvalue weighted by Gasteiger charge is -2.35. The number of carbonyl (C=O) groups is 1. The van der Waals surface area contributed by atoms with Crippen molar-refractivity contribution in [1.29, 1.82) is 0 Å². The van der Waals surface area contributed by atoms with Gasteiger partial charge in [-0.25, -0.2) is 4.79 Å². The average molecular weight is 210 g/mol. The van der Waals surface area contributed by atoms with Crippen LogP contribution in [0.4, 0.5) is 4.79 Å². The molecule has 2 unspecified atom stereocenters. The smallest absolute Gasteiger partial charge is 0.320 e. The molecular formula is C12H22N2O. The summed E-state index contributed by atoms with van der Waals surface area (Å²) in [4.78, 5) is 16.0. The highest BCUT2D eigenvalue weighted by Crippen LogP contribution is 2.32. The van der Waals surface area contributed by atoms with E-state index in [9.17, 15) is 4.79 Å². The summed E-state index contributed by atoms with van der Waals surface area (Å²) in [6.45, 7) is 9.46. The molecule has 0 aromatic heterocycles. The number of amides is 2. The molecule has 86 valence electrons. The van der Waals surface area contributed by atoms with E-state index in [0.29, 0.717) is 6.04 Å². The van der Waals surface area contributed by atoms with E-state index in [0.717, 1.165) is 31.5 Å². The predicted octanol–water partition coefficient (Wildman–Crippen LogP) is 2.18. The summed E-state index contributed by atoms with van der Waals surface area (Å²) in [5, 5.41) is 0. The number of likely N-dealkylation sites (N-methyl/N-ethyl adjacent to an activating group) is 1. The third kappa shape index (κ3) is 1.84. The van der Waals surface area contributed by atoms with Crippen LogP contribution >= 0.6 is 0 Å². The molecular weight excluding hydrogens is 188 g/mol. The predicted molar refractivity (Wildman–Crippen MR) is 60.7 cm³/mol. The van der Waals surface area contributed by atoms with Crippen LogP contribution in [0.5, 0.6) is 0 Å². The Kier molecular flexibility index (Phi) is 2.89. The molecule has 0 N–H and O–H groups in total. The first-order chi connectivity index (χ1) is 7.13. The number of hydrogen-bond donors (Lipinski definition) is 0. The second-order valence-electron chi connectivity index (χ2n) is 5.20. The van der Waals surface area contributed by atoms with Gasteiger partial charge in [0.15, 0.2) is 0 Å². The van der Waals surface area contributed by atoms with Crippen molar-refractivity contribution in [3.05, 3.63) is 0 Å². The van der Waals surface area contributed by atoms with E-state index in [1.807, 2.05) is 4.90 Å². The maximum absolute atomic E-state index is 11.9. The van der Waals surface area contributed by atoms with Crippen molar-refractivity contribution < 1.29 is 4.79 Å². The first-order valence-electron chi connectivity index (χ1n) is 6.19. The highest BCUT2D eigenvalue weighted by molar-refractivity contribution is 5.77. The maximum atomic E-state index is 11.9. The lowest BCUT2D eigenvalue weighted by molar-refractivity contribution is 0.141. The van der Waals surface area contributed by atoms with Crippen molar-refractivity contribution in [3.63, 3.8) is 0 Å². The molecule has 0 aromatic carbocycles. The first-order valence-corrected chi connectivity index (χ1v) is 6.19. The van der Waals surface area contributed by atoms with Gasteiger partial charge in [-0.3, -0.25) is 0 Å². The number of nitrogens with zero attached hydrogens (tertiary/aromatic N) is 2. The Morgan fingerprint density at radius 2 is 2.20 bits per heavy atom. The van der Waals surface area contributed by atoms with Crippen LogP contribution in [0.25, 0.3) is 0 Å². The quantitative estimate of drug-likeness (QED) is 0.685. The zero-order valence-electron chi connectivity index (χ0n) is 10.1. The summed E-state index contributed by atoms with van der Waals surface area (Å²) < 4.78 is 0. The van der Waals surface area contributed by atoms with E-state index in [1.54, 1.807) is 0 Å². The van der Waals surface area contributed by atoms with Crippen LogP contribution in [0, 0.1) is 11.8 Å². The lowest BCUT2D eigenvalue weighted by Crippen LogP contribution is -2.42. The van der Waals surface area contributed by atoms with Gasteiger partial charge < -0.3 is 9.80 Å². The molecule has 2 saturated heterocycles. The van der Waals surface area contributed by atoms with Crippen molar-refractivity contribution in [2.24, 2.45) is 11.8 Å². The Morgan fingerprint density at radius 1 is 1.47 bits per heavy atom. The van der Waals surface area contributed by atoms with Crippen LogP contribution in [0.2, 0.25) is 0 Å². The van der Waals surface area contributed by atoms with Gasteiger partial charge >= 0.3 is 6.03 Å². The molecule has 2 amide bonds. The topological polar surface area (TPSA) is 23.6 Å². The van der Waals surface area contributed by atoms with Crippen LogP contribution < -0.4 is 0 Å². The third-order valence-corrected chi connectivity index (χ3v) is 4.03. The van der Waals surface area contributed by atoms with Crippen LogP contribution in [0.1, 0.15) is 33.6 Å². The minimum atomic E-state index is 0.268. The molecule has 0 aliphatic carbocycles. The Morgan fingerprint density at radius 3 is 2.80 bits per heavy atom. The van der Waals surface area contributed by atoms with Crippen LogP contribution in [-0.2, 0) is 0 Å². The molecule has 15 heavy (non-hydrogen) atoms. The zero-order valence-corrected chi connectivity index (χ0v) is 10.1. The minimum Gasteiger partial charge on any atom is -0.323 e.